The number of benzene rings is 2. The largest absolute Gasteiger partial charge is 0.490 e. The molecule has 228 valence electrons. The summed E-state index contributed by atoms with van der Waals surface area (Å²) in [5.74, 6) is 0.308. The molecule has 6 rings (SSSR count). The van der Waals surface area contributed by atoms with Crippen LogP contribution in [-0.4, -0.2) is 50.5 Å². The average Bonchev–Trinajstić information content (AvgIpc) is 3.11. The van der Waals surface area contributed by atoms with Crippen LogP contribution in [0.25, 0.3) is 0 Å². The monoisotopic (exact) mass is 623 g/mol. The Kier molecular flexibility index (Phi) is 8.47. The van der Waals surface area contributed by atoms with Gasteiger partial charge in [0, 0.05) is 35.5 Å². The molecule has 2 aromatic carbocycles. The van der Waals surface area contributed by atoms with Gasteiger partial charge in [0.2, 0.25) is 10.0 Å². The van der Waals surface area contributed by atoms with E-state index in [1.54, 1.807) is 24.3 Å². The number of aliphatic hydroxyl groups is 1. The van der Waals surface area contributed by atoms with Gasteiger partial charge >= 0.3 is 0 Å². The van der Waals surface area contributed by atoms with Crippen molar-refractivity contribution in [1.82, 2.24) is 4.72 Å². The van der Waals surface area contributed by atoms with Gasteiger partial charge in [-0.1, -0.05) is 29.8 Å². The van der Waals surface area contributed by atoms with Crippen molar-refractivity contribution in [2.75, 3.05) is 24.6 Å². The molecule has 1 amide bonds. The third kappa shape index (κ3) is 6.02. The summed E-state index contributed by atoms with van der Waals surface area (Å²) >= 11 is 6.38. The first-order valence-corrected chi connectivity index (χ1v) is 17.2. The van der Waals surface area contributed by atoms with E-state index in [0.717, 1.165) is 42.8 Å². The highest BCUT2D eigenvalue weighted by molar-refractivity contribution is 7.90. The van der Waals surface area contributed by atoms with Crippen LogP contribution in [0.4, 0.5) is 5.69 Å². The summed E-state index contributed by atoms with van der Waals surface area (Å²) in [5.41, 5.74) is 3.19. The molecule has 2 bridgehead atoms. The number of hydrogen-bond acceptors (Lipinski definition) is 7. The van der Waals surface area contributed by atoms with Crippen molar-refractivity contribution in [2.24, 2.45) is 11.8 Å². The van der Waals surface area contributed by atoms with Gasteiger partial charge in [0.25, 0.3) is 5.91 Å². The van der Waals surface area contributed by atoms with Gasteiger partial charge in [-0.3, -0.25) is 4.79 Å². The van der Waals surface area contributed by atoms with Crippen LogP contribution in [0.2, 0.25) is 5.02 Å². The maximum absolute atomic E-state index is 13.4. The minimum Gasteiger partial charge on any atom is -0.490 e. The summed E-state index contributed by atoms with van der Waals surface area (Å²) < 4.78 is 35.4. The van der Waals surface area contributed by atoms with Crippen molar-refractivity contribution < 1.29 is 23.1 Å². The third-order valence-electron chi connectivity index (χ3n) is 9.91. The number of aliphatic hydroxyl groups excluding tert-OH is 1. The molecule has 2 aromatic rings. The SMILES string of the molecule is N#CCC[C@@H]1CC/C=C\[C@H](O)[C@@H]2CC[C@H]2CN2C[C@@]3(CCCc4cc(Cl)ccc43)COc3ccc(cc32)C(=O)NS1(=O)=O. The Morgan fingerprint density at radius 1 is 1.19 bits per heavy atom. The highest BCUT2D eigenvalue weighted by Gasteiger charge is 2.44. The first-order chi connectivity index (χ1) is 20.7. The number of amides is 1. The van der Waals surface area contributed by atoms with Gasteiger partial charge in [0.15, 0.2) is 0 Å². The summed E-state index contributed by atoms with van der Waals surface area (Å²) in [7, 11) is -4.05. The fraction of sp³-hybridized carbons (Fsp3) is 0.515. The van der Waals surface area contributed by atoms with Gasteiger partial charge in [0.05, 0.1) is 29.7 Å². The summed E-state index contributed by atoms with van der Waals surface area (Å²) in [6.45, 7) is 1.84. The van der Waals surface area contributed by atoms with Crippen molar-refractivity contribution in [3.05, 3.63) is 70.3 Å². The number of ether oxygens (including phenoxy) is 1. The summed E-state index contributed by atoms with van der Waals surface area (Å²) in [6, 6.07) is 13.3. The lowest BCUT2D eigenvalue weighted by molar-refractivity contribution is 0.0456. The molecule has 0 unspecified atom stereocenters. The molecule has 2 N–H and O–H groups in total. The first-order valence-electron chi connectivity index (χ1n) is 15.3. The number of rotatable bonds is 2. The number of aryl methyl sites for hydroxylation is 1. The molecule has 10 heteroatoms. The van der Waals surface area contributed by atoms with E-state index in [1.165, 1.54) is 11.1 Å². The van der Waals surface area contributed by atoms with Crippen LogP contribution in [0.1, 0.15) is 72.9 Å². The molecule has 4 aliphatic rings. The molecule has 1 fully saturated rings. The highest BCUT2D eigenvalue weighted by Crippen LogP contribution is 2.46. The number of carbonyl (C=O) groups excluding carboxylic acids is 1. The Hall–Kier alpha value is -3.06. The Balaban J connectivity index is 1.40. The number of anilines is 1. The number of nitriles is 1. The minimum atomic E-state index is -4.05. The van der Waals surface area contributed by atoms with E-state index >= 15 is 0 Å². The quantitative estimate of drug-likeness (QED) is 0.437. The lowest BCUT2D eigenvalue weighted by Crippen LogP contribution is -2.49. The number of nitrogens with one attached hydrogen (secondary N) is 1. The fourth-order valence-corrected chi connectivity index (χ4v) is 9.03. The van der Waals surface area contributed by atoms with Crippen LogP contribution >= 0.6 is 11.6 Å². The van der Waals surface area contributed by atoms with Gasteiger partial charge in [-0.2, -0.15) is 5.26 Å². The summed E-state index contributed by atoms with van der Waals surface area (Å²) in [5, 5.41) is 20.0. The van der Waals surface area contributed by atoms with Crippen LogP contribution in [0.3, 0.4) is 0 Å². The number of sulfonamides is 1. The van der Waals surface area contributed by atoms with Crippen LogP contribution < -0.4 is 14.4 Å². The van der Waals surface area contributed by atoms with E-state index in [0.29, 0.717) is 31.9 Å². The van der Waals surface area contributed by atoms with Crippen LogP contribution in [0.15, 0.2) is 48.6 Å². The molecule has 2 aliphatic heterocycles. The van der Waals surface area contributed by atoms with Gasteiger partial charge in [-0.15, -0.1) is 0 Å². The number of fused-ring (bicyclic) bond motifs is 4. The molecule has 43 heavy (non-hydrogen) atoms. The molecule has 1 saturated carbocycles. The summed E-state index contributed by atoms with van der Waals surface area (Å²) in [4.78, 5) is 15.7. The Morgan fingerprint density at radius 3 is 2.84 bits per heavy atom. The van der Waals surface area contributed by atoms with Gasteiger partial charge in [-0.25, -0.2) is 13.1 Å². The van der Waals surface area contributed by atoms with E-state index in [2.05, 4.69) is 21.8 Å². The van der Waals surface area contributed by atoms with Gasteiger partial charge < -0.3 is 14.7 Å². The second kappa shape index (κ2) is 12.1. The predicted molar refractivity (Wildman–Crippen MR) is 166 cm³/mol. The van der Waals surface area contributed by atoms with Crippen LogP contribution in [0.5, 0.6) is 5.75 Å². The second-order valence-corrected chi connectivity index (χ2v) is 15.0. The maximum atomic E-state index is 13.4. The number of halogens is 1. The lowest BCUT2D eigenvalue weighted by Gasteiger charge is -2.45. The molecule has 5 atom stereocenters. The van der Waals surface area contributed by atoms with Crippen LogP contribution in [-0.2, 0) is 21.9 Å². The lowest BCUT2D eigenvalue weighted by atomic mass is 9.68. The van der Waals surface area contributed by atoms with Gasteiger partial charge in [-0.05, 0) is 105 Å². The fourth-order valence-electron chi connectivity index (χ4n) is 7.42. The van der Waals surface area contributed by atoms with Gasteiger partial charge in [0.1, 0.15) is 5.75 Å². The molecule has 1 spiro atoms. The zero-order chi connectivity index (χ0) is 30.2. The second-order valence-electron chi connectivity index (χ2n) is 12.6. The Morgan fingerprint density at radius 2 is 2.05 bits per heavy atom. The molecule has 2 aliphatic carbocycles. The Bertz CT molecular complexity index is 1570. The van der Waals surface area contributed by atoms with E-state index < -0.39 is 27.3 Å². The summed E-state index contributed by atoms with van der Waals surface area (Å²) in [6.07, 6.45) is 8.70. The highest BCUT2D eigenvalue weighted by atomic mass is 35.5. The van der Waals surface area contributed by atoms with Crippen molar-refractivity contribution >= 4 is 33.2 Å². The first kappa shape index (κ1) is 30.0. The normalized spacial score (nSPS) is 30.8. The minimum absolute atomic E-state index is 0.0675. The average molecular weight is 624 g/mol. The predicted octanol–water partition coefficient (Wildman–Crippen LogP) is 5.28. The third-order valence-corrected chi connectivity index (χ3v) is 12.0. The van der Waals surface area contributed by atoms with Crippen molar-refractivity contribution in [3.63, 3.8) is 0 Å². The molecule has 8 nitrogen and oxygen atoms in total. The number of hydrogen-bond donors (Lipinski definition) is 2. The van der Waals surface area contributed by atoms with E-state index in [-0.39, 0.29) is 42.1 Å². The van der Waals surface area contributed by atoms with Crippen molar-refractivity contribution in [2.45, 2.75) is 74.6 Å². The maximum Gasteiger partial charge on any atom is 0.264 e. The zero-order valence-electron chi connectivity index (χ0n) is 24.2. The number of allylic oxidation sites excluding steroid dienone is 1. The smallest absolute Gasteiger partial charge is 0.264 e. The molecule has 0 saturated heterocycles. The van der Waals surface area contributed by atoms with Crippen molar-refractivity contribution in [1.29, 1.82) is 5.26 Å². The van der Waals surface area contributed by atoms with E-state index in [9.17, 15) is 18.3 Å². The van der Waals surface area contributed by atoms with Crippen molar-refractivity contribution in [3.8, 4) is 11.8 Å². The molecule has 0 aromatic heterocycles. The zero-order valence-corrected chi connectivity index (χ0v) is 25.7. The molecule has 2 heterocycles. The van der Waals surface area contributed by atoms with E-state index in [4.69, 9.17) is 21.6 Å². The molecular weight excluding hydrogens is 586 g/mol. The number of carbonyl (C=O) groups is 1. The number of nitrogens with zero attached hydrogens (tertiary/aromatic N) is 2. The molecule has 0 radical (unpaired) electrons. The topological polar surface area (TPSA) is 120 Å². The van der Waals surface area contributed by atoms with Crippen LogP contribution in [0, 0.1) is 23.2 Å². The van der Waals surface area contributed by atoms with E-state index in [1.807, 2.05) is 18.2 Å². The standard InChI is InChI=1S/C33H38ClN3O5S/c34-25-11-13-28-22(17-25)5-3-15-33(28)20-37-19-24-9-12-27(24)30(38)8-2-1-6-26(7-4-16-35)43(40,41)36-32(39)23-10-14-31(42-21-33)29(37)18-23/h2,8,10-11,13-14,17-18,24,26-27,30,38H,1,3-7,9,12,15,19-21H2,(H,36,39)/b8-2-/t24-,26-,27+,30-,33-/m0/s1. The Labute approximate surface area is 258 Å². The molecular formula is C33H38ClN3O5S.